The molecule has 3 heterocycles. The summed E-state index contributed by atoms with van der Waals surface area (Å²) in [5.41, 5.74) is 1.50. The van der Waals surface area contributed by atoms with Crippen LogP contribution >= 0.6 is 0 Å². The third-order valence-corrected chi connectivity index (χ3v) is 7.22. The van der Waals surface area contributed by atoms with Gasteiger partial charge < -0.3 is 15.0 Å². The number of aryl methyl sites for hydroxylation is 2. The number of amides is 1. The fourth-order valence-corrected chi connectivity index (χ4v) is 5.58. The fraction of sp³-hybridized carbons (Fsp3) is 0.450. The number of nitrogens with zero attached hydrogens (tertiary/aromatic N) is 2. The number of nitrogens with one attached hydrogen (secondary N) is 2. The van der Waals surface area contributed by atoms with Gasteiger partial charge in [0.05, 0.1) is 18.5 Å². The number of anilines is 1. The summed E-state index contributed by atoms with van der Waals surface area (Å²) < 4.78 is 33.0. The summed E-state index contributed by atoms with van der Waals surface area (Å²) in [5.74, 6) is -1.11. The summed E-state index contributed by atoms with van der Waals surface area (Å²) in [6, 6.07) is 3.48. The quantitative estimate of drug-likeness (QED) is 0.673. The Balaban J connectivity index is 1.74. The zero-order chi connectivity index (χ0) is 21.9. The highest BCUT2D eigenvalue weighted by Gasteiger charge is 2.37. The van der Waals surface area contributed by atoms with Crippen LogP contribution in [0.25, 0.3) is 0 Å². The fourth-order valence-electron chi connectivity index (χ4n) is 3.70. The molecule has 0 saturated carbocycles. The maximum atomic E-state index is 13.3. The number of ether oxygens (including phenoxy) is 1. The van der Waals surface area contributed by atoms with Gasteiger partial charge in [0, 0.05) is 36.6 Å². The highest BCUT2D eigenvalue weighted by molar-refractivity contribution is 7.89. The molecule has 30 heavy (non-hydrogen) atoms. The van der Waals surface area contributed by atoms with Crippen LogP contribution in [-0.4, -0.2) is 54.3 Å². The van der Waals surface area contributed by atoms with Gasteiger partial charge >= 0.3 is 5.97 Å². The molecule has 1 amide bonds. The van der Waals surface area contributed by atoms with Crippen LogP contribution in [-0.2, 0) is 19.6 Å². The van der Waals surface area contributed by atoms with E-state index < -0.39 is 16.0 Å². The molecule has 0 bridgehead atoms. The molecule has 0 unspecified atom stereocenters. The minimum atomic E-state index is -3.91. The third-order valence-electron chi connectivity index (χ3n) is 5.15. The molecule has 9 nitrogen and oxygen atoms in total. The predicted octanol–water partition coefficient (Wildman–Crippen LogP) is 2.24. The highest BCUT2D eigenvalue weighted by Crippen LogP contribution is 2.30. The Morgan fingerprint density at radius 2 is 1.97 bits per heavy atom. The lowest BCUT2D eigenvalue weighted by Crippen LogP contribution is -2.41. The number of aromatic amines is 1. The molecule has 10 heteroatoms. The first-order valence-corrected chi connectivity index (χ1v) is 11.3. The minimum absolute atomic E-state index is 0.0447. The zero-order valence-corrected chi connectivity index (χ0v) is 18.1. The van der Waals surface area contributed by atoms with Gasteiger partial charge in [-0.15, -0.1) is 0 Å². The number of carbonyl (C=O) groups excluding carboxylic acids is 2. The smallest absolute Gasteiger partial charge is 0.341 e. The Kier molecular flexibility index (Phi) is 6.57. The minimum Gasteiger partial charge on any atom is -0.462 e. The van der Waals surface area contributed by atoms with Crippen molar-refractivity contribution in [2.75, 3.05) is 25.0 Å². The molecule has 2 aromatic heterocycles. The van der Waals surface area contributed by atoms with Crippen molar-refractivity contribution >= 4 is 27.6 Å². The topological polar surface area (TPSA) is 121 Å². The molecule has 1 aliphatic rings. The summed E-state index contributed by atoms with van der Waals surface area (Å²) >= 11 is 0. The van der Waals surface area contributed by atoms with Crippen LogP contribution in [0, 0.1) is 19.8 Å². The van der Waals surface area contributed by atoms with Crippen molar-refractivity contribution in [2.45, 2.75) is 38.5 Å². The number of rotatable bonds is 6. The predicted molar refractivity (Wildman–Crippen MR) is 111 cm³/mol. The van der Waals surface area contributed by atoms with Crippen molar-refractivity contribution in [3.63, 3.8) is 0 Å². The third kappa shape index (κ3) is 4.39. The molecular formula is C20H26N4O5S. The van der Waals surface area contributed by atoms with E-state index >= 15 is 0 Å². The van der Waals surface area contributed by atoms with E-state index in [0.29, 0.717) is 29.9 Å². The Hall–Kier alpha value is -2.72. The Labute approximate surface area is 175 Å². The Morgan fingerprint density at radius 3 is 2.57 bits per heavy atom. The summed E-state index contributed by atoms with van der Waals surface area (Å²) in [6.07, 6.45) is 3.96. The summed E-state index contributed by atoms with van der Waals surface area (Å²) in [5, 5.41) is 2.81. The number of sulfonamides is 1. The monoisotopic (exact) mass is 434 g/mol. The van der Waals surface area contributed by atoms with Gasteiger partial charge in [-0.05, 0) is 45.7 Å². The zero-order valence-electron chi connectivity index (χ0n) is 17.3. The number of piperidine rings is 1. The van der Waals surface area contributed by atoms with Gasteiger partial charge in [0.25, 0.3) is 0 Å². The van der Waals surface area contributed by atoms with E-state index in [4.69, 9.17) is 4.74 Å². The lowest BCUT2D eigenvalue weighted by Gasteiger charge is -2.30. The lowest BCUT2D eigenvalue weighted by molar-refractivity contribution is -0.120. The molecular weight excluding hydrogens is 408 g/mol. The number of aromatic nitrogens is 2. The van der Waals surface area contributed by atoms with Gasteiger partial charge in [0.1, 0.15) is 10.5 Å². The van der Waals surface area contributed by atoms with Crippen LogP contribution < -0.4 is 5.32 Å². The number of esters is 1. The maximum Gasteiger partial charge on any atom is 0.341 e. The van der Waals surface area contributed by atoms with Crippen molar-refractivity contribution in [2.24, 2.45) is 5.92 Å². The summed E-state index contributed by atoms with van der Waals surface area (Å²) in [7, 11) is -3.91. The normalized spacial score (nSPS) is 15.7. The van der Waals surface area contributed by atoms with Crippen molar-refractivity contribution in [3.8, 4) is 0 Å². The van der Waals surface area contributed by atoms with E-state index in [-0.39, 0.29) is 42.0 Å². The van der Waals surface area contributed by atoms with E-state index in [2.05, 4.69) is 15.3 Å². The average molecular weight is 435 g/mol. The first-order valence-electron chi connectivity index (χ1n) is 9.83. The number of pyridine rings is 1. The first kappa shape index (κ1) is 22.0. The van der Waals surface area contributed by atoms with Crippen molar-refractivity contribution < 1.29 is 22.7 Å². The molecule has 0 aromatic carbocycles. The second-order valence-electron chi connectivity index (χ2n) is 7.21. The van der Waals surface area contributed by atoms with Crippen molar-refractivity contribution in [1.29, 1.82) is 0 Å². The number of hydrogen-bond acceptors (Lipinski definition) is 6. The van der Waals surface area contributed by atoms with Gasteiger partial charge in [-0.3, -0.25) is 9.78 Å². The van der Waals surface area contributed by atoms with Crippen LogP contribution in [0.4, 0.5) is 5.69 Å². The van der Waals surface area contributed by atoms with E-state index in [0.717, 1.165) is 0 Å². The van der Waals surface area contributed by atoms with Gasteiger partial charge in [-0.25, -0.2) is 13.2 Å². The molecule has 0 aliphatic carbocycles. The van der Waals surface area contributed by atoms with Gasteiger partial charge in [0.15, 0.2) is 0 Å². The van der Waals surface area contributed by atoms with Crippen LogP contribution in [0.2, 0.25) is 0 Å². The van der Waals surface area contributed by atoms with Crippen LogP contribution in [0.1, 0.15) is 41.5 Å². The molecule has 2 N–H and O–H groups in total. The molecule has 1 fully saturated rings. The summed E-state index contributed by atoms with van der Waals surface area (Å²) in [6.45, 7) is 5.48. The molecule has 2 aromatic rings. The molecule has 0 atom stereocenters. The molecule has 162 valence electrons. The SMILES string of the molecule is CCOC(=O)c1c(C)[nH]c(C)c1S(=O)(=O)N1CCC(C(=O)Nc2cccnc2)CC1. The van der Waals surface area contributed by atoms with E-state index in [1.807, 2.05) is 0 Å². The molecule has 0 radical (unpaired) electrons. The Morgan fingerprint density at radius 1 is 1.27 bits per heavy atom. The molecule has 1 aliphatic heterocycles. The van der Waals surface area contributed by atoms with Crippen LogP contribution in [0.5, 0.6) is 0 Å². The standard InChI is InChI=1S/C20H26N4O5S/c1-4-29-20(26)17-13(2)22-14(3)18(17)30(27,28)24-10-7-15(8-11-24)19(25)23-16-6-5-9-21-12-16/h5-6,9,12,15,22H,4,7-8,10-11H2,1-3H3,(H,23,25). The highest BCUT2D eigenvalue weighted by atomic mass is 32.2. The largest absolute Gasteiger partial charge is 0.462 e. The van der Waals surface area contributed by atoms with Crippen LogP contribution in [0.15, 0.2) is 29.4 Å². The van der Waals surface area contributed by atoms with Gasteiger partial charge in [-0.2, -0.15) is 4.31 Å². The summed E-state index contributed by atoms with van der Waals surface area (Å²) in [4.78, 5) is 31.7. The Bertz CT molecular complexity index is 1020. The molecule has 3 rings (SSSR count). The van der Waals surface area contributed by atoms with Gasteiger partial charge in [0.2, 0.25) is 15.9 Å². The van der Waals surface area contributed by atoms with E-state index in [9.17, 15) is 18.0 Å². The number of H-pyrrole nitrogens is 1. The van der Waals surface area contributed by atoms with E-state index in [1.165, 1.54) is 4.31 Å². The molecule has 0 spiro atoms. The van der Waals surface area contributed by atoms with Crippen LogP contribution in [0.3, 0.4) is 0 Å². The average Bonchev–Trinajstić information content (AvgIpc) is 3.03. The number of hydrogen-bond donors (Lipinski definition) is 2. The second-order valence-corrected chi connectivity index (χ2v) is 9.08. The molecule has 1 saturated heterocycles. The lowest BCUT2D eigenvalue weighted by atomic mass is 9.97. The van der Waals surface area contributed by atoms with E-state index in [1.54, 1.807) is 45.3 Å². The maximum absolute atomic E-state index is 13.3. The van der Waals surface area contributed by atoms with Crippen molar-refractivity contribution in [1.82, 2.24) is 14.3 Å². The van der Waals surface area contributed by atoms with Crippen molar-refractivity contribution in [3.05, 3.63) is 41.5 Å². The number of carbonyl (C=O) groups is 2. The first-order chi connectivity index (χ1) is 14.3. The second kappa shape index (κ2) is 8.97. The van der Waals surface area contributed by atoms with Gasteiger partial charge in [-0.1, -0.05) is 0 Å².